The minimum Gasteiger partial charge on any atom is -0.371 e. The summed E-state index contributed by atoms with van der Waals surface area (Å²) in [6.07, 6.45) is 4.67. The molecule has 4 nitrogen and oxygen atoms in total. The van der Waals surface area contributed by atoms with Gasteiger partial charge in [-0.05, 0) is 44.7 Å². The lowest BCUT2D eigenvalue weighted by Gasteiger charge is -2.23. The van der Waals surface area contributed by atoms with E-state index in [0.29, 0.717) is 12.0 Å². The van der Waals surface area contributed by atoms with Crippen LogP contribution in [0.1, 0.15) is 25.7 Å². The molecule has 0 bridgehead atoms. The quantitative estimate of drug-likeness (QED) is 0.747. The molecule has 1 heterocycles. The van der Waals surface area contributed by atoms with Crippen LogP contribution in [0.4, 0.5) is 0 Å². The normalized spacial score (nSPS) is 22.1. The summed E-state index contributed by atoms with van der Waals surface area (Å²) < 4.78 is 5.52. The highest BCUT2D eigenvalue weighted by Crippen LogP contribution is 2.25. The Labute approximate surface area is 97.3 Å². The van der Waals surface area contributed by atoms with E-state index in [1.807, 2.05) is 11.9 Å². The molecule has 0 spiro atoms. The van der Waals surface area contributed by atoms with Crippen molar-refractivity contribution < 1.29 is 9.53 Å². The average Bonchev–Trinajstić information content (AvgIpc) is 3.13. The summed E-state index contributed by atoms with van der Waals surface area (Å²) in [5, 5.41) is 3.32. The van der Waals surface area contributed by atoms with Gasteiger partial charge >= 0.3 is 0 Å². The Balaban J connectivity index is 1.57. The summed E-state index contributed by atoms with van der Waals surface area (Å²) in [7, 11) is 1.88. The summed E-state index contributed by atoms with van der Waals surface area (Å²) in [6.45, 7) is 3.18. The maximum absolute atomic E-state index is 11.7. The van der Waals surface area contributed by atoms with Gasteiger partial charge in [-0.25, -0.2) is 0 Å². The molecule has 1 saturated carbocycles. The van der Waals surface area contributed by atoms with E-state index in [1.165, 1.54) is 12.8 Å². The summed E-state index contributed by atoms with van der Waals surface area (Å²) in [4.78, 5) is 13.5. The number of amides is 1. The van der Waals surface area contributed by atoms with Gasteiger partial charge in [-0.1, -0.05) is 0 Å². The lowest BCUT2D eigenvalue weighted by atomic mass is 9.99. The van der Waals surface area contributed by atoms with E-state index in [9.17, 15) is 4.79 Å². The first-order chi connectivity index (χ1) is 7.77. The molecule has 1 aliphatic carbocycles. The third kappa shape index (κ3) is 3.46. The van der Waals surface area contributed by atoms with Gasteiger partial charge in [0.2, 0.25) is 5.91 Å². The van der Waals surface area contributed by atoms with Gasteiger partial charge < -0.3 is 15.0 Å². The number of piperidine rings is 1. The van der Waals surface area contributed by atoms with Crippen molar-refractivity contribution in [1.29, 1.82) is 0 Å². The van der Waals surface area contributed by atoms with Crippen LogP contribution in [0.5, 0.6) is 0 Å². The van der Waals surface area contributed by atoms with E-state index in [1.54, 1.807) is 0 Å². The number of nitrogens with one attached hydrogen (secondary N) is 1. The fourth-order valence-corrected chi connectivity index (χ4v) is 2.13. The molecule has 4 heteroatoms. The smallest absolute Gasteiger partial charge is 0.248 e. The van der Waals surface area contributed by atoms with Gasteiger partial charge in [0.15, 0.2) is 0 Å². The van der Waals surface area contributed by atoms with Crippen LogP contribution in [-0.2, 0) is 9.53 Å². The van der Waals surface area contributed by atoms with Crippen LogP contribution >= 0.6 is 0 Å². The zero-order chi connectivity index (χ0) is 11.4. The molecule has 1 saturated heterocycles. The molecule has 2 rings (SSSR count). The van der Waals surface area contributed by atoms with Crippen molar-refractivity contribution in [3.05, 3.63) is 0 Å². The first kappa shape index (κ1) is 11.9. The highest BCUT2D eigenvalue weighted by atomic mass is 16.5. The van der Waals surface area contributed by atoms with Gasteiger partial charge in [0.25, 0.3) is 0 Å². The molecular weight excluding hydrogens is 204 g/mol. The SMILES string of the molecule is CN(C(=O)COCC1CCNCC1)C1CC1. The molecule has 0 aromatic heterocycles. The first-order valence-electron chi connectivity index (χ1n) is 6.31. The average molecular weight is 226 g/mol. The highest BCUT2D eigenvalue weighted by molar-refractivity contribution is 5.77. The van der Waals surface area contributed by atoms with E-state index >= 15 is 0 Å². The summed E-state index contributed by atoms with van der Waals surface area (Å²) >= 11 is 0. The molecule has 1 aliphatic heterocycles. The Morgan fingerprint density at radius 2 is 2.00 bits per heavy atom. The third-order valence-corrected chi connectivity index (χ3v) is 3.53. The van der Waals surface area contributed by atoms with E-state index in [0.717, 1.165) is 32.5 Å². The van der Waals surface area contributed by atoms with Gasteiger partial charge in [-0.3, -0.25) is 4.79 Å². The Bertz CT molecular complexity index is 235. The van der Waals surface area contributed by atoms with Crippen molar-refractivity contribution >= 4 is 5.91 Å². The lowest BCUT2D eigenvalue weighted by molar-refractivity contribution is -0.135. The highest BCUT2D eigenvalue weighted by Gasteiger charge is 2.29. The molecule has 2 aliphatic rings. The van der Waals surface area contributed by atoms with Crippen LogP contribution in [0.3, 0.4) is 0 Å². The first-order valence-corrected chi connectivity index (χ1v) is 6.31. The number of nitrogens with zero attached hydrogens (tertiary/aromatic N) is 1. The Hall–Kier alpha value is -0.610. The molecule has 1 N–H and O–H groups in total. The largest absolute Gasteiger partial charge is 0.371 e. The number of hydrogen-bond acceptors (Lipinski definition) is 3. The standard InChI is InChI=1S/C12H22N2O2/c1-14(11-2-3-11)12(15)9-16-8-10-4-6-13-7-5-10/h10-11,13H,2-9H2,1H3. The molecule has 92 valence electrons. The van der Waals surface area contributed by atoms with E-state index in [-0.39, 0.29) is 12.5 Å². The van der Waals surface area contributed by atoms with E-state index in [2.05, 4.69) is 5.32 Å². The molecule has 0 unspecified atom stereocenters. The molecule has 1 amide bonds. The summed E-state index contributed by atoms with van der Waals surface area (Å²) in [5.74, 6) is 0.775. The lowest BCUT2D eigenvalue weighted by Crippen LogP contribution is -2.34. The molecule has 2 fully saturated rings. The van der Waals surface area contributed by atoms with Crippen LogP contribution in [0, 0.1) is 5.92 Å². The van der Waals surface area contributed by atoms with Crippen molar-refractivity contribution in [2.24, 2.45) is 5.92 Å². The van der Waals surface area contributed by atoms with Gasteiger partial charge in [0.05, 0.1) is 6.61 Å². The minimum atomic E-state index is 0.136. The Morgan fingerprint density at radius 1 is 1.31 bits per heavy atom. The van der Waals surface area contributed by atoms with Gasteiger partial charge in [-0.15, -0.1) is 0 Å². The predicted molar refractivity (Wildman–Crippen MR) is 62.2 cm³/mol. The fourth-order valence-electron chi connectivity index (χ4n) is 2.13. The topological polar surface area (TPSA) is 41.6 Å². The summed E-state index contributed by atoms with van der Waals surface area (Å²) in [5.41, 5.74) is 0. The molecular formula is C12H22N2O2. The Kier molecular flexibility index (Phi) is 4.18. The van der Waals surface area contributed by atoms with E-state index < -0.39 is 0 Å². The van der Waals surface area contributed by atoms with Gasteiger partial charge in [-0.2, -0.15) is 0 Å². The summed E-state index contributed by atoms with van der Waals surface area (Å²) in [6, 6.07) is 0.495. The predicted octanol–water partition coefficient (Wildman–Crippen LogP) is 0.623. The molecule has 16 heavy (non-hydrogen) atoms. The van der Waals surface area contributed by atoms with Crippen molar-refractivity contribution in [3.63, 3.8) is 0 Å². The number of likely N-dealkylation sites (N-methyl/N-ethyl adjacent to an activating group) is 1. The van der Waals surface area contributed by atoms with Crippen molar-refractivity contribution in [1.82, 2.24) is 10.2 Å². The van der Waals surface area contributed by atoms with E-state index in [4.69, 9.17) is 4.74 Å². The molecule has 0 atom stereocenters. The zero-order valence-corrected chi connectivity index (χ0v) is 10.1. The number of rotatable bonds is 5. The fraction of sp³-hybridized carbons (Fsp3) is 0.917. The minimum absolute atomic E-state index is 0.136. The third-order valence-electron chi connectivity index (χ3n) is 3.53. The number of carbonyl (C=O) groups excluding carboxylic acids is 1. The van der Waals surface area contributed by atoms with Crippen LogP contribution in [-0.4, -0.2) is 50.2 Å². The maximum atomic E-state index is 11.7. The number of ether oxygens (including phenoxy) is 1. The van der Waals surface area contributed by atoms with Crippen LogP contribution in [0.2, 0.25) is 0 Å². The van der Waals surface area contributed by atoms with Crippen molar-refractivity contribution in [3.8, 4) is 0 Å². The van der Waals surface area contributed by atoms with Crippen LogP contribution < -0.4 is 5.32 Å². The Morgan fingerprint density at radius 3 is 2.62 bits per heavy atom. The molecule has 0 radical (unpaired) electrons. The van der Waals surface area contributed by atoms with Crippen LogP contribution in [0.25, 0.3) is 0 Å². The van der Waals surface area contributed by atoms with Gasteiger partial charge in [0, 0.05) is 13.1 Å². The monoisotopic (exact) mass is 226 g/mol. The number of carbonyl (C=O) groups is 1. The second kappa shape index (κ2) is 5.64. The van der Waals surface area contributed by atoms with Crippen molar-refractivity contribution in [2.45, 2.75) is 31.7 Å². The van der Waals surface area contributed by atoms with Gasteiger partial charge in [0.1, 0.15) is 6.61 Å². The molecule has 0 aromatic carbocycles. The number of hydrogen-bond donors (Lipinski definition) is 1. The zero-order valence-electron chi connectivity index (χ0n) is 10.1. The van der Waals surface area contributed by atoms with Crippen molar-refractivity contribution in [2.75, 3.05) is 33.4 Å². The second-order valence-corrected chi connectivity index (χ2v) is 4.94. The maximum Gasteiger partial charge on any atom is 0.248 e. The second-order valence-electron chi connectivity index (χ2n) is 4.94. The molecule has 0 aromatic rings. The van der Waals surface area contributed by atoms with Crippen LogP contribution in [0.15, 0.2) is 0 Å².